The molecule has 0 heterocycles. The first-order chi connectivity index (χ1) is 8.20. The Labute approximate surface area is 107 Å². The average Bonchev–Trinajstić information content (AvgIpc) is 2.90. The quantitative estimate of drug-likeness (QED) is 0.736. The van der Waals surface area contributed by atoms with Gasteiger partial charge < -0.3 is 10.1 Å². The van der Waals surface area contributed by atoms with E-state index < -0.39 is 0 Å². The molecule has 2 fully saturated rings. The summed E-state index contributed by atoms with van der Waals surface area (Å²) in [5.41, 5.74) is 0. The van der Waals surface area contributed by atoms with Gasteiger partial charge in [0.2, 0.25) is 0 Å². The maximum Gasteiger partial charge on any atom is 0.0625 e. The lowest BCUT2D eigenvalue weighted by Crippen LogP contribution is -2.43. The van der Waals surface area contributed by atoms with E-state index in [4.69, 9.17) is 4.74 Å². The van der Waals surface area contributed by atoms with Crippen molar-refractivity contribution in [2.45, 2.75) is 65.0 Å². The number of ether oxygens (including phenoxy) is 1. The lowest BCUT2D eigenvalue weighted by molar-refractivity contribution is 0.0401. The van der Waals surface area contributed by atoms with E-state index >= 15 is 0 Å². The van der Waals surface area contributed by atoms with Crippen LogP contribution >= 0.6 is 0 Å². The van der Waals surface area contributed by atoms with E-state index in [0.29, 0.717) is 12.1 Å². The molecule has 4 atom stereocenters. The van der Waals surface area contributed by atoms with E-state index in [-0.39, 0.29) is 0 Å². The van der Waals surface area contributed by atoms with E-state index in [1.54, 1.807) is 0 Å². The van der Waals surface area contributed by atoms with Gasteiger partial charge in [-0.1, -0.05) is 13.3 Å². The molecule has 2 saturated carbocycles. The molecule has 0 aliphatic heterocycles. The molecule has 2 heteroatoms. The van der Waals surface area contributed by atoms with E-state index in [1.807, 2.05) is 0 Å². The fraction of sp³-hybridized carbons (Fsp3) is 1.00. The van der Waals surface area contributed by atoms with Crippen LogP contribution in [0, 0.1) is 17.8 Å². The van der Waals surface area contributed by atoms with Gasteiger partial charge in [-0.05, 0) is 63.8 Å². The minimum atomic E-state index is 0.361. The van der Waals surface area contributed by atoms with Crippen molar-refractivity contribution in [3.8, 4) is 0 Å². The van der Waals surface area contributed by atoms with Crippen LogP contribution in [-0.2, 0) is 4.74 Å². The molecule has 0 aromatic carbocycles. The van der Waals surface area contributed by atoms with Gasteiger partial charge in [-0.15, -0.1) is 0 Å². The standard InChI is InChI=1S/C15H29NO/c1-4-7-16-15(10-17-11(2)3)14-9-12-5-6-13(14)8-12/h11-16H,4-10H2,1-3H3. The summed E-state index contributed by atoms with van der Waals surface area (Å²) < 4.78 is 5.86. The Kier molecular flexibility index (Phi) is 4.87. The summed E-state index contributed by atoms with van der Waals surface area (Å²) in [7, 11) is 0. The van der Waals surface area contributed by atoms with Crippen molar-refractivity contribution >= 4 is 0 Å². The Bertz CT molecular complexity index is 229. The predicted molar refractivity (Wildman–Crippen MR) is 72.1 cm³/mol. The van der Waals surface area contributed by atoms with Crippen molar-refractivity contribution in [3.05, 3.63) is 0 Å². The van der Waals surface area contributed by atoms with Gasteiger partial charge in [-0.3, -0.25) is 0 Å². The van der Waals surface area contributed by atoms with Crippen molar-refractivity contribution in [1.82, 2.24) is 5.32 Å². The number of hydrogen-bond donors (Lipinski definition) is 1. The normalized spacial score (nSPS) is 33.5. The van der Waals surface area contributed by atoms with Crippen molar-refractivity contribution in [2.24, 2.45) is 17.8 Å². The Morgan fingerprint density at radius 1 is 1.24 bits per heavy atom. The largest absolute Gasteiger partial charge is 0.377 e. The second kappa shape index (κ2) is 6.19. The first-order valence-corrected chi connectivity index (χ1v) is 7.55. The molecular weight excluding hydrogens is 210 g/mol. The van der Waals surface area contributed by atoms with Gasteiger partial charge in [-0.25, -0.2) is 0 Å². The van der Waals surface area contributed by atoms with E-state index in [0.717, 1.165) is 30.9 Å². The van der Waals surface area contributed by atoms with Crippen molar-refractivity contribution in [3.63, 3.8) is 0 Å². The van der Waals surface area contributed by atoms with Gasteiger partial charge in [0.1, 0.15) is 0 Å². The second-order valence-electron chi connectivity index (χ2n) is 6.28. The highest BCUT2D eigenvalue weighted by molar-refractivity contribution is 4.95. The summed E-state index contributed by atoms with van der Waals surface area (Å²) in [5.74, 6) is 2.92. The van der Waals surface area contributed by atoms with Gasteiger partial charge in [-0.2, -0.15) is 0 Å². The van der Waals surface area contributed by atoms with E-state index in [9.17, 15) is 0 Å². The molecule has 4 unspecified atom stereocenters. The fourth-order valence-electron chi connectivity index (χ4n) is 3.75. The topological polar surface area (TPSA) is 21.3 Å². The van der Waals surface area contributed by atoms with Crippen LogP contribution in [0.25, 0.3) is 0 Å². The maximum atomic E-state index is 5.86. The van der Waals surface area contributed by atoms with Crippen LogP contribution in [0.5, 0.6) is 0 Å². The van der Waals surface area contributed by atoms with Crippen LogP contribution in [0.4, 0.5) is 0 Å². The van der Waals surface area contributed by atoms with E-state index in [1.165, 1.54) is 32.1 Å². The average molecular weight is 239 g/mol. The summed E-state index contributed by atoms with van der Waals surface area (Å²) in [5, 5.41) is 3.73. The zero-order valence-electron chi connectivity index (χ0n) is 11.7. The molecule has 2 rings (SSSR count). The molecule has 2 bridgehead atoms. The highest BCUT2D eigenvalue weighted by Crippen LogP contribution is 2.49. The summed E-state index contributed by atoms with van der Waals surface area (Å²) in [4.78, 5) is 0. The van der Waals surface area contributed by atoms with Crippen LogP contribution in [0.1, 0.15) is 52.9 Å². The summed E-state index contributed by atoms with van der Waals surface area (Å²) in [6.45, 7) is 8.56. The number of hydrogen-bond acceptors (Lipinski definition) is 2. The molecule has 1 N–H and O–H groups in total. The van der Waals surface area contributed by atoms with Gasteiger partial charge in [0.15, 0.2) is 0 Å². The lowest BCUT2D eigenvalue weighted by Gasteiger charge is -2.31. The monoisotopic (exact) mass is 239 g/mol. The molecule has 17 heavy (non-hydrogen) atoms. The Morgan fingerprint density at radius 2 is 2.06 bits per heavy atom. The van der Waals surface area contributed by atoms with Gasteiger partial charge in [0.05, 0.1) is 12.7 Å². The van der Waals surface area contributed by atoms with E-state index in [2.05, 4.69) is 26.1 Å². The van der Waals surface area contributed by atoms with Crippen molar-refractivity contribution < 1.29 is 4.74 Å². The first-order valence-electron chi connectivity index (χ1n) is 7.55. The third-order valence-corrected chi connectivity index (χ3v) is 4.58. The molecular formula is C15H29NO. The molecule has 100 valence electrons. The third kappa shape index (κ3) is 3.45. The zero-order valence-corrected chi connectivity index (χ0v) is 11.7. The van der Waals surface area contributed by atoms with Gasteiger partial charge in [0.25, 0.3) is 0 Å². The van der Waals surface area contributed by atoms with Gasteiger partial charge >= 0.3 is 0 Å². The molecule has 2 nitrogen and oxygen atoms in total. The maximum absolute atomic E-state index is 5.86. The smallest absolute Gasteiger partial charge is 0.0625 e. The summed E-state index contributed by atoms with van der Waals surface area (Å²) in [6, 6.07) is 0.604. The fourth-order valence-corrected chi connectivity index (χ4v) is 3.75. The minimum absolute atomic E-state index is 0.361. The third-order valence-electron chi connectivity index (χ3n) is 4.58. The Hall–Kier alpha value is -0.0800. The van der Waals surface area contributed by atoms with Crippen LogP contribution < -0.4 is 5.32 Å². The molecule has 0 amide bonds. The molecule has 0 saturated heterocycles. The lowest BCUT2D eigenvalue weighted by atomic mass is 9.83. The van der Waals surface area contributed by atoms with Crippen molar-refractivity contribution in [2.75, 3.05) is 13.2 Å². The van der Waals surface area contributed by atoms with Crippen LogP contribution in [0.15, 0.2) is 0 Å². The molecule has 2 aliphatic rings. The number of fused-ring (bicyclic) bond motifs is 2. The number of rotatable bonds is 7. The van der Waals surface area contributed by atoms with Crippen LogP contribution in [-0.4, -0.2) is 25.3 Å². The van der Waals surface area contributed by atoms with Crippen molar-refractivity contribution in [1.29, 1.82) is 0 Å². The first kappa shape index (κ1) is 13.4. The van der Waals surface area contributed by atoms with Gasteiger partial charge in [0, 0.05) is 6.04 Å². The second-order valence-corrected chi connectivity index (χ2v) is 6.28. The molecule has 0 radical (unpaired) electrons. The molecule has 0 aromatic heterocycles. The Balaban J connectivity index is 1.85. The zero-order chi connectivity index (χ0) is 12.3. The highest BCUT2D eigenvalue weighted by Gasteiger charge is 2.42. The predicted octanol–water partition coefficient (Wildman–Crippen LogP) is 3.22. The highest BCUT2D eigenvalue weighted by atomic mass is 16.5. The molecule has 0 spiro atoms. The van der Waals surface area contributed by atoms with Crippen LogP contribution in [0.3, 0.4) is 0 Å². The SMILES string of the molecule is CCCNC(COC(C)C)C1CC2CCC1C2. The molecule has 2 aliphatic carbocycles. The minimum Gasteiger partial charge on any atom is -0.377 e. The Morgan fingerprint density at radius 3 is 2.59 bits per heavy atom. The molecule has 0 aromatic rings. The summed E-state index contributed by atoms with van der Waals surface area (Å²) >= 11 is 0. The number of nitrogens with one attached hydrogen (secondary N) is 1. The summed E-state index contributed by atoms with van der Waals surface area (Å²) in [6.07, 6.45) is 7.50. The van der Waals surface area contributed by atoms with Crippen LogP contribution in [0.2, 0.25) is 0 Å².